The van der Waals surface area contributed by atoms with Crippen molar-refractivity contribution in [3.05, 3.63) is 45.1 Å². The third-order valence-corrected chi connectivity index (χ3v) is 6.27. The van der Waals surface area contributed by atoms with Gasteiger partial charge in [0, 0.05) is 11.4 Å². The van der Waals surface area contributed by atoms with E-state index in [1.165, 1.54) is 21.8 Å². The first-order valence-electron chi connectivity index (χ1n) is 9.76. The van der Waals surface area contributed by atoms with E-state index >= 15 is 0 Å². The van der Waals surface area contributed by atoms with E-state index in [1.807, 2.05) is 24.3 Å². The van der Waals surface area contributed by atoms with Gasteiger partial charge in [0.1, 0.15) is 4.88 Å². The second-order valence-electron chi connectivity index (χ2n) is 7.27. The van der Waals surface area contributed by atoms with E-state index in [0.717, 1.165) is 24.8 Å². The summed E-state index contributed by atoms with van der Waals surface area (Å²) in [5.74, 6) is 1.23. The third-order valence-electron chi connectivity index (χ3n) is 5.05. The van der Waals surface area contributed by atoms with Crippen molar-refractivity contribution in [3.63, 3.8) is 0 Å². The molecule has 156 valence electrons. The van der Waals surface area contributed by atoms with E-state index in [0.29, 0.717) is 35.3 Å². The molecule has 1 amide bonds. The number of hydrogen-bond acceptors (Lipinski definition) is 6. The number of ether oxygens (including phenoxy) is 3. The lowest BCUT2D eigenvalue weighted by atomic mass is 9.90. The zero-order valence-electron chi connectivity index (χ0n) is 17.1. The Morgan fingerprint density at radius 3 is 2.72 bits per heavy atom. The van der Waals surface area contributed by atoms with Crippen LogP contribution >= 0.6 is 11.3 Å². The molecule has 6 nitrogen and oxygen atoms in total. The summed E-state index contributed by atoms with van der Waals surface area (Å²) in [6.45, 7) is 2.39. The first-order chi connectivity index (χ1) is 14.0. The highest BCUT2D eigenvalue weighted by Crippen LogP contribution is 2.32. The number of amides is 1. The fraction of sp³-hybridized carbons (Fsp3) is 0.455. The van der Waals surface area contributed by atoms with Crippen LogP contribution < -0.4 is 14.8 Å². The van der Waals surface area contributed by atoms with Gasteiger partial charge in [-0.2, -0.15) is 0 Å². The van der Waals surface area contributed by atoms with Crippen LogP contribution in [0.1, 0.15) is 39.0 Å². The normalized spacial score (nSPS) is 15.3. The maximum absolute atomic E-state index is 12.3. The van der Waals surface area contributed by atoms with Gasteiger partial charge in [0.05, 0.1) is 14.2 Å². The molecule has 0 aliphatic heterocycles. The van der Waals surface area contributed by atoms with Crippen molar-refractivity contribution >= 4 is 23.2 Å². The van der Waals surface area contributed by atoms with Crippen LogP contribution in [0, 0.1) is 5.92 Å². The van der Waals surface area contributed by atoms with Crippen LogP contribution in [0.25, 0.3) is 0 Å². The summed E-state index contributed by atoms with van der Waals surface area (Å²) in [6, 6.07) is 7.56. The molecule has 1 aliphatic rings. The smallest absolute Gasteiger partial charge is 0.348 e. The topological polar surface area (TPSA) is 73.9 Å². The van der Waals surface area contributed by atoms with Gasteiger partial charge in [-0.05, 0) is 60.9 Å². The predicted octanol–water partition coefficient (Wildman–Crippen LogP) is 3.41. The molecule has 0 fully saturated rings. The van der Waals surface area contributed by atoms with E-state index in [2.05, 4.69) is 12.2 Å². The van der Waals surface area contributed by atoms with Gasteiger partial charge in [0.2, 0.25) is 0 Å². The van der Waals surface area contributed by atoms with Crippen LogP contribution in [0.3, 0.4) is 0 Å². The minimum Gasteiger partial charge on any atom is -0.493 e. The van der Waals surface area contributed by atoms with E-state index < -0.39 is 5.97 Å². The molecule has 3 rings (SSSR count). The Kier molecular flexibility index (Phi) is 7.14. The lowest BCUT2D eigenvalue weighted by Gasteiger charge is -2.16. The molecule has 2 aromatic rings. The highest BCUT2D eigenvalue weighted by Gasteiger charge is 2.21. The van der Waals surface area contributed by atoms with Gasteiger partial charge in [0.15, 0.2) is 18.1 Å². The zero-order valence-corrected chi connectivity index (χ0v) is 17.9. The number of rotatable bonds is 8. The lowest BCUT2D eigenvalue weighted by Crippen LogP contribution is -2.30. The summed E-state index contributed by atoms with van der Waals surface area (Å²) in [6.07, 6.45) is 3.82. The summed E-state index contributed by atoms with van der Waals surface area (Å²) >= 11 is 1.49. The molecule has 0 saturated carbocycles. The highest BCUT2D eigenvalue weighted by atomic mass is 32.1. The number of nitrogens with one attached hydrogen (secondary N) is 1. The number of benzene rings is 1. The Morgan fingerprint density at radius 2 is 1.97 bits per heavy atom. The fourth-order valence-corrected chi connectivity index (χ4v) is 4.54. The molecule has 0 radical (unpaired) electrons. The number of aryl methyl sites for hydroxylation is 1. The van der Waals surface area contributed by atoms with Crippen molar-refractivity contribution in [3.8, 4) is 11.5 Å². The van der Waals surface area contributed by atoms with Crippen molar-refractivity contribution in [2.24, 2.45) is 5.92 Å². The summed E-state index contributed by atoms with van der Waals surface area (Å²) in [4.78, 5) is 26.1. The first-order valence-corrected chi connectivity index (χ1v) is 10.6. The van der Waals surface area contributed by atoms with E-state index in [1.54, 1.807) is 14.2 Å². The number of esters is 1. The number of thiophene rings is 1. The van der Waals surface area contributed by atoms with Gasteiger partial charge in [-0.3, -0.25) is 4.79 Å². The summed E-state index contributed by atoms with van der Waals surface area (Å²) < 4.78 is 15.7. The molecule has 0 spiro atoms. The molecule has 1 heterocycles. The minimum atomic E-state index is -0.424. The largest absolute Gasteiger partial charge is 0.493 e. The predicted molar refractivity (Wildman–Crippen MR) is 112 cm³/mol. The van der Waals surface area contributed by atoms with Crippen LogP contribution in [0.4, 0.5) is 0 Å². The molecule has 1 atom stereocenters. The molecule has 0 unspecified atom stereocenters. The Morgan fingerprint density at radius 1 is 1.17 bits per heavy atom. The standard InChI is InChI=1S/C22H27NO5S/c1-14-4-7-19-16(10-14)12-20(29-19)22(25)28-13-21(24)23-9-8-15-5-6-17(26-2)18(11-15)27-3/h5-6,11-12,14H,4,7-10,13H2,1-3H3,(H,23,24)/t14-/m1/s1. The minimum absolute atomic E-state index is 0.274. The molecule has 1 aromatic heterocycles. The number of carbonyl (C=O) groups is 2. The second kappa shape index (κ2) is 9.78. The molecular weight excluding hydrogens is 390 g/mol. The quantitative estimate of drug-likeness (QED) is 0.667. The van der Waals surface area contributed by atoms with Crippen LogP contribution in [-0.4, -0.2) is 39.2 Å². The number of fused-ring (bicyclic) bond motifs is 1. The van der Waals surface area contributed by atoms with Crippen molar-refractivity contribution in [1.82, 2.24) is 5.32 Å². The van der Waals surface area contributed by atoms with Crippen molar-refractivity contribution < 1.29 is 23.8 Å². The number of carbonyl (C=O) groups excluding carboxylic acids is 2. The third kappa shape index (κ3) is 5.50. The number of methoxy groups -OCH3 is 2. The van der Waals surface area contributed by atoms with Crippen LogP contribution in [0.15, 0.2) is 24.3 Å². The molecule has 0 saturated heterocycles. The average Bonchev–Trinajstić information content (AvgIpc) is 3.15. The Bertz CT molecular complexity index is 876. The van der Waals surface area contributed by atoms with Gasteiger partial charge in [-0.25, -0.2) is 4.79 Å². The summed E-state index contributed by atoms with van der Waals surface area (Å²) in [5.41, 5.74) is 2.26. The molecule has 0 bridgehead atoms. The van der Waals surface area contributed by atoms with Gasteiger partial charge in [0.25, 0.3) is 5.91 Å². The lowest BCUT2D eigenvalue weighted by molar-refractivity contribution is -0.124. The van der Waals surface area contributed by atoms with Gasteiger partial charge in [-0.15, -0.1) is 11.3 Å². The summed E-state index contributed by atoms with van der Waals surface area (Å²) in [5, 5.41) is 2.77. The monoisotopic (exact) mass is 417 g/mol. The summed E-state index contributed by atoms with van der Waals surface area (Å²) in [7, 11) is 3.17. The van der Waals surface area contributed by atoms with E-state index in [9.17, 15) is 9.59 Å². The van der Waals surface area contributed by atoms with Crippen LogP contribution in [-0.2, 0) is 28.8 Å². The maximum atomic E-state index is 12.3. The molecule has 1 aliphatic carbocycles. The highest BCUT2D eigenvalue weighted by molar-refractivity contribution is 7.14. The molecular formula is C22H27NO5S. The zero-order chi connectivity index (χ0) is 20.8. The molecule has 1 aromatic carbocycles. The molecule has 29 heavy (non-hydrogen) atoms. The maximum Gasteiger partial charge on any atom is 0.348 e. The van der Waals surface area contributed by atoms with Gasteiger partial charge in [-0.1, -0.05) is 13.0 Å². The van der Waals surface area contributed by atoms with Gasteiger partial charge >= 0.3 is 5.97 Å². The van der Waals surface area contributed by atoms with Crippen molar-refractivity contribution in [2.45, 2.75) is 32.6 Å². The average molecular weight is 418 g/mol. The van der Waals surface area contributed by atoms with E-state index in [-0.39, 0.29) is 12.5 Å². The Labute approximate surface area is 175 Å². The van der Waals surface area contributed by atoms with Gasteiger partial charge < -0.3 is 19.5 Å². The van der Waals surface area contributed by atoms with Crippen LogP contribution in [0.2, 0.25) is 0 Å². The molecule has 1 N–H and O–H groups in total. The first kappa shape index (κ1) is 21.2. The number of hydrogen-bond donors (Lipinski definition) is 1. The Balaban J connectivity index is 1.43. The van der Waals surface area contributed by atoms with Crippen molar-refractivity contribution in [2.75, 3.05) is 27.4 Å². The Hall–Kier alpha value is -2.54. The van der Waals surface area contributed by atoms with Crippen molar-refractivity contribution in [1.29, 1.82) is 0 Å². The fourth-order valence-electron chi connectivity index (χ4n) is 3.44. The van der Waals surface area contributed by atoms with Crippen LogP contribution in [0.5, 0.6) is 11.5 Å². The molecule has 7 heteroatoms. The SMILES string of the molecule is COc1ccc(CCNC(=O)COC(=O)c2cc3c(s2)CC[C@@H](C)C3)cc1OC. The van der Waals surface area contributed by atoms with E-state index in [4.69, 9.17) is 14.2 Å². The second-order valence-corrected chi connectivity index (χ2v) is 8.41.